The summed E-state index contributed by atoms with van der Waals surface area (Å²) in [5.74, 6) is 0.334. The summed E-state index contributed by atoms with van der Waals surface area (Å²) in [4.78, 5) is 0. The van der Waals surface area contributed by atoms with Crippen molar-refractivity contribution in [1.82, 2.24) is 5.32 Å². The molecule has 0 radical (unpaired) electrons. The molecule has 0 bridgehead atoms. The third-order valence-corrected chi connectivity index (χ3v) is 3.95. The molecule has 3 heteroatoms. The normalized spacial score (nSPS) is 13.1. The van der Waals surface area contributed by atoms with Crippen molar-refractivity contribution in [3.63, 3.8) is 0 Å². The first kappa shape index (κ1) is 14.7. The monoisotopic (exact) mass is 301 g/mol. The Morgan fingerprint density at radius 1 is 1.24 bits per heavy atom. The molecule has 0 aliphatic heterocycles. The summed E-state index contributed by atoms with van der Waals surface area (Å²) in [6.07, 6.45) is 2.10. The van der Waals surface area contributed by atoms with Gasteiger partial charge in [-0.15, -0.1) is 0 Å². The average Bonchev–Trinajstić information content (AvgIpc) is 2.30. The maximum Gasteiger partial charge on any atom is 0.129 e. The molecule has 0 aromatic heterocycles. The van der Waals surface area contributed by atoms with E-state index in [1.54, 1.807) is 6.07 Å². The third kappa shape index (κ3) is 3.52. The van der Waals surface area contributed by atoms with Gasteiger partial charge in [-0.3, -0.25) is 0 Å². The molecule has 0 aliphatic carbocycles. The van der Waals surface area contributed by atoms with E-state index in [1.165, 1.54) is 6.07 Å². The summed E-state index contributed by atoms with van der Waals surface area (Å²) in [7, 11) is 0. The van der Waals surface area contributed by atoms with Gasteiger partial charge in [0.25, 0.3) is 0 Å². The van der Waals surface area contributed by atoms with Crippen molar-refractivity contribution < 1.29 is 4.39 Å². The topological polar surface area (TPSA) is 12.0 Å². The molecule has 17 heavy (non-hydrogen) atoms. The van der Waals surface area contributed by atoms with Gasteiger partial charge < -0.3 is 5.32 Å². The summed E-state index contributed by atoms with van der Waals surface area (Å²) < 4.78 is 14.8. The standard InChI is InChI=1S/C14H21BrFN/c1-4-10(5-2)14(17-6-3)13-11(15)8-7-9-12(13)16/h7-10,14,17H,4-6H2,1-3H3. The van der Waals surface area contributed by atoms with Crippen LogP contribution in [0.2, 0.25) is 0 Å². The Hall–Kier alpha value is -0.410. The van der Waals surface area contributed by atoms with Crippen molar-refractivity contribution in [2.75, 3.05) is 6.54 Å². The first-order chi connectivity index (χ1) is 8.15. The summed E-state index contributed by atoms with van der Waals surface area (Å²) in [6.45, 7) is 7.23. The van der Waals surface area contributed by atoms with Gasteiger partial charge >= 0.3 is 0 Å². The second-order valence-corrected chi connectivity index (χ2v) is 5.10. The number of rotatable bonds is 6. The molecular weight excluding hydrogens is 281 g/mol. The van der Waals surface area contributed by atoms with E-state index in [0.717, 1.165) is 29.4 Å². The predicted molar refractivity (Wildman–Crippen MR) is 74.6 cm³/mol. The Morgan fingerprint density at radius 2 is 1.88 bits per heavy atom. The van der Waals surface area contributed by atoms with Gasteiger partial charge in [0.2, 0.25) is 0 Å². The summed E-state index contributed by atoms with van der Waals surface area (Å²) in [5, 5.41) is 3.41. The maximum atomic E-state index is 14.0. The van der Waals surface area contributed by atoms with Crippen molar-refractivity contribution in [2.24, 2.45) is 5.92 Å². The summed E-state index contributed by atoms with van der Waals surface area (Å²) >= 11 is 3.46. The SMILES string of the molecule is CCNC(c1c(F)cccc1Br)C(CC)CC. The van der Waals surface area contributed by atoms with Gasteiger partial charge in [-0.25, -0.2) is 4.39 Å². The molecular formula is C14H21BrFN. The lowest BCUT2D eigenvalue weighted by Crippen LogP contribution is -2.29. The molecule has 96 valence electrons. The molecule has 0 saturated carbocycles. The lowest BCUT2D eigenvalue weighted by atomic mass is 9.88. The molecule has 1 aromatic carbocycles. The van der Waals surface area contributed by atoms with Crippen LogP contribution in [0.4, 0.5) is 4.39 Å². The molecule has 0 saturated heterocycles. The van der Waals surface area contributed by atoms with Gasteiger partial charge in [0.05, 0.1) is 0 Å². The number of hydrogen-bond acceptors (Lipinski definition) is 1. The van der Waals surface area contributed by atoms with Crippen LogP contribution in [0.15, 0.2) is 22.7 Å². The third-order valence-electron chi connectivity index (χ3n) is 3.25. The molecule has 1 N–H and O–H groups in total. The number of benzene rings is 1. The molecule has 1 atom stereocenters. The van der Waals surface area contributed by atoms with Crippen molar-refractivity contribution in [3.8, 4) is 0 Å². The van der Waals surface area contributed by atoms with Crippen molar-refractivity contribution in [1.29, 1.82) is 0 Å². The molecule has 0 aliphatic rings. The van der Waals surface area contributed by atoms with Crippen LogP contribution in [0, 0.1) is 11.7 Å². The van der Waals surface area contributed by atoms with E-state index in [4.69, 9.17) is 0 Å². The zero-order valence-electron chi connectivity index (χ0n) is 10.8. The molecule has 1 rings (SSSR count). The molecule has 1 unspecified atom stereocenters. The van der Waals surface area contributed by atoms with E-state index in [1.807, 2.05) is 6.07 Å². The smallest absolute Gasteiger partial charge is 0.129 e. The highest BCUT2D eigenvalue weighted by molar-refractivity contribution is 9.10. The average molecular weight is 302 g/mol. The second kappa shape index (κ2) is 7.12. The zero-order chi connectivity index (χ0) is 12.8. The minimum absolute atomic E-state index is 0.0885. The van der Waals surface area contributed by atoms with E-state index in [0.29, 0.717) is 5.92 Å². The Morgan fingerprint density at radius 3 is 2.35 bits per heavy atom. The van der Waals surface area contributed by atoms with Crippen molar-refractivity contribution >= 4 is 15.9 Å². The molecule has 0 fully saturated rings. The maximum absolute atomic E-state index is 14.0. The minimum Gasteiger partial charge on any atom is -0.310 e. The van der Waals surface area contributed by atoms with Gasteiger partial charge in [-0.2, -0.15) is 0 Å². The van der Waals surface area contributed by atoms with Gasteiger partial charge in [-0.1, -0.05) is 55.6 Å². The second-order valence-electron chi connectivity index (χ2n) is 4.25. The molecule has 0 spiro atoms. The fourth-order valence-electron chi connectivity index (χ4n) is 2.29. The Balaban J connectivity index is 3.12. The van der Waals surface area contributed by atoms with Crippen LogP contribution in [0.25, 0.3) is 0 Å². The van der Waals surface area contributed by atoms with Gasteiger partial charge in [-0.05, 0) is 24.6 Å². The van der Waals surface area contributed by atoms with E-state index < -0.39 is 0 Å². The molecule has 0 amide bonds. The van der Waals surface area contributed by atoms with Crippen molar-refractivity contribution in [3.05, 3.63) is 34.1 Å². The zero-order valence-corrected chi connectivity index (χ0v) is 12.3. The number of halogens is 2. The largest absolute Gasteiger partial charge is 0.310 e. The van der Waals surface area contributed by atoms with E-state index >= 15 is 0 Å². The number of nitrogens with one attached hydrogen (secondary N) is 1. The first-order valence-electron chi connectivity index (χ1n) is 6.32. The van der Waals surface area contributed by atoms with Crippen LogP contribution in [0.5, 0.6) is 0 Å². The van der Waals surface area contributed by atoms with Gasteiger partial charge in [0.15, 0.2) is 0 Å². The highest BCUT2D eigenvalue weighted by atomic mass is 79.9. The predicted octanol–water partition coefficient (Wildman–Crippen LogP) is 4.68. The first-order valence-corrected chi connectivity index (χ1v) is 7.12. The molecule has 1 aromatic rings. The minimum atomic E-state index is -0.128. The summed E-state index contributed by atoms with van der Waals surface area (Å²) in [5.41, 5.74) is 0.767. The Bertz CT molecular complexity index is 330. The van der Waals surface area contributed by atoms with Crippen LogP contribution in [-0.2, 0) is 0 Å². The highest BCUT2D eigenvalue weighted by Gasteiger charge is 2.24. The van der Waals surface area contributed by atoms with Crippen LogP contribution < -0.4 is 5.32 Å². The number of hydrogen-bond donors (Lipinski definition) is 1. The fraction of sp³-hybridized carbons (Fsp3) is 0.571. The van der Waals surface area contributed by atoms with Crippen molar-refractivity contribution in [2.45, 2.75) is 39.7 Å². The molecule has 0 heterocycles. The Labute approximate surface area is 112 Å². The van der Waals surface area contributed by atoms with E-state index in [-0.39, 0.29) is 11.9 Å². The van der Waals surface area contributed by atoms with Crippen LogP contribution >= 0.6 is 15.9 Å². The van der Waals surface area contributed by atoms with Gasteiger partial charge in [0, 0.05) is 16.1 Å². The van der Waals surface area contributed by atoms with E-state index in [2.05, 4.69) is 42.0 Å². The van der Waals surface area contributed by atoms with Gasteiger partial charge in [0.1, 0.15) is 5.82 Å². The molecule has 1 nitrogen and oxygen atoms in total. The Kier molecular flexibility index (Phi) is 6.14. The lowest BCUT2D eigenvalue weighted by molar-refractivity contribution is 0.336. The highest BCUT2D eigenvalue weighted by Crippen LogP contribution is 2.33. The van der Waals surface area contributed by atoms with Crippen LogP contribution in [-0.4, -0.2) is 6.54 Å². The van der Waals surface area contributed by atoms with E-state index in [9.17, 15) is 4.39 Å². The lowest BCUT2D eigenvalue weighted by Gasteiger charge is -2.27. The van der Waals surface area contributed by atoms with Crippen LogP contribution in [0.3, 0.4) is 0 Å². The quantitative estimate of drug-likeness (QED) is 0.805. The summed E-state index contributed by atoms with van der Waals surface area (Å²) in [6, 6.07) is 5.27. The fourth-order valence-corrected chi connectivity index (χ4v) is 2.88. The van der Waals surface area contributed by atoms with Crippen LogP contribution in [0.1, 0.15) is 45.2 Å².